The molecule has 2 rings (SSSR count). The molecule has 0 bridgehead atoms. The van der Waals surface area contributed by atoms with Gasteiger partial charge in [-0.3, -0.25) is 4.79 Å². The van der Waals surface area contributed by atoms with E-state index >= 15 is 0 Å². The third-order valence-corrected chi connectivity index (χ3v) is 2.86. The number of hydrogen-bond donors (Lipinski definition) is 0. The van der Waals surface area contributed by atoms with Crippen LogP contribution in [0.5, 0.6) is 5.75 Å². The molecule has 0 N–H and O–H groups in total. The van der Waals surface area contributed by atoms with Gasteiger partial charge >= 0.3 is 0 Å². The monoisotopic (exact) mass is 234 g/mol. The molecule has 1 aliphatic carbocycles. The van der Waals surface area contributed by atoms with Gasteiger partial charge in [-0.25, -0.2) is 0 Å². The zero-order chi connectivity index (χ0) is 12.3. The van der Waals surface area contributed by atoms with Crippen molar-refractivity contribution >= 4 is 5.78 Å². The fraction of sp³-hybridized carbons (Fsp3) is 0.500. The van der Waals surface area contributed by atoms with Crippen LogP contribution in [-0.4, -0.2) is 25.1 Å². The fourth-order valence-corrected chi connectivity index (χ4v) is 1.58. The second-order valence-corrected chi connectivity index (χ2v) is 4.52. The zero-order valence-corrected chi connectivity index (χ0v) is 10.3. The average molecular weight is 234 g/mol. The summed E-state index contributed by atoms with van der Waals surface area (Å²) in [6.45, 7) is 1.89. The van der Waals surface area contributed by atoms with Crippen LogP contribution in [0, 0.1) is 0 Å². The standard InChI is InChI=1S/C14H18O3/c1-10(16-2)8-14(15)11-4-3-5-13(9-11)17-12-6-7-12/h3-5,9-10,12H,6-8H2,1-2H3. The molecule has 0 spiro atoms. The largest absolute Gasteiger partial charge is 0.490 e. The lowest BCUT2D eigenvalue weighted by Gasteiger charge is -2.09. The van der Waals surface area contributed by atoms with Crippen LogP contribution in [-0.2, 0) is 4.74 Å². The SMILES string of the molecule is COC(C)CC(=O)c1cccc(OC2CC2)c1. The molecule has 0 aliphatic heterocycles. The highest BCUT2D eigenvalue weighted by Crippen LogP contribution is 2.27. The summed E-state index contributed by atoms with van der Waals surface area (Å²) in [5.41, 5.74) is 0.701. The summed E-state index contributed by atoms with van der Waals surface area (Å²) >= 11 is 0. The second-order valence-electron chi connectivity index (χ2n) is 4.52. The number of benzene rings is 1. The van der Waals surface area contributed by atoms with E-state index in [1.54, 1.807) is 7.11 Å². The summed E-state index contributed by atoms with van der Waals surface area (Å²) in [6, 6.07) is 7.41. The third-order valence-electron chi connectivity index (χ3n) is 2.86. The van der Waals surface area contributed by atoms with Gasteiger partial charge in [-0.05, 0) is 31.9 Å². The Labute approximate surface area is 102 Å². The van der Waals surface area contributed by atoms with E-state index in [1.165, 1.54) is 0 Å². The summed E-state index contributed by atoms with van der Waals surface area (Å²) in [7, 11) is 1.62. The Bertz CT molecular complexity index is 396. The second kappa shape index (κ2) is 5.32. The Morgan fingerprint density at radius 3 is 2.88 bits per heavy atom. The van der Waals surface area contributed by atoms with Crippen molar-refractivity contribution < 1.29 is 14.3 Å². The van der Waals surface area contributed by atoms with Crippen LogP contribution in [0.3, 0.4) is 0 Å². The van der Waals surface area contributed by atoms with Gasteiger partial charge in [-0.2, -0.15) is 0 Å². The molecule has 92 valence electrons. The van der Waals surface area contributed by atoms with Crippen molar-refractivity contribution in [2.45, 2.75) is 38.4 Å². The van der Waals surface area contributed by atoms with E-state index in [-0.39, 0.29) is 11.9 Å². The van der Waals surface area contributed by atoms with Crippen molar-refractivity contribution in [2.24, 2.45) is 0 Å². The molecule has 0 amide bonds. The van der Waals surface area contributed by atoms with E-state index < -0.39 is 0 Å². The first kappa shape index (κ1) is 12.1. The molecule has 1 aliphatic rings. The number of methoxy groups -OCH3 is 1. The van der Waals surface area contributed by atoms with E-state index in [0.29, 0.717) is 18.1 Å². The highest BCUT2D eigenvalue weighted by Gasteiger charge is 2.23. The Hall–Kier alpha value is -1.35. The molecule has 1 fully saturated rings. The molecule has 0 saturated heterocycles. The molecular weight excluding hydrogens is 216 g/mol. The molecule has 0 radical (unpaired) electrons. The van der Waals surface area contributed by atoms with Crippen LogP contribution in [0.25, 0.3) is 0 Å². The van der Waals surface area contributed by atoms with Crippen LogP contribution < -0.4 is 4.74 Å². The van der Waals surface area contributed by atoms with Gasteiger partial charge in [0.25, 0.3) is 0 Å². The summed E-state index contributed by atoms with van der Waals surface area (Å²) in [5, 5.41) is 0. The van der Waals surface area contributed by atoms with Crippen molar-refractivity contribution in [1.82, 2.24) is 0 Å². The molecule has 0 heterocycles. The average Bonchev–Trinajstić information content (AvgIpc) is 3.13. The molecular formula is C14H18O3. The molecule has 17 heavy (non-hydrogen) atoms. The lowest BCUT2D eigenvalue weighted by atomic mass is 10.1. The van der Waals surface area contributed by atoms with Crippen LogP contribution in [0.15, 0.2) is 24.3 Å². The highest BCUT2D eigenvalue weighted by molar-refractivity contribution is 5.96. The number of carbonyl (C=O) groups is 1. The normalized spacial score (nSPS) is 16.6. The first-order chi connectivity index (χ1) is 8.19. The molecule has 1 aromatic rings. The van der Waals surface area contributed by atoms with E-state index in [0.717, 1.165) is 18.6 Å². The smallest absolute Gasteiger partial charge is 0.165 e. The van der Waals surface area contributed by atoms with Gasteiger partial charge in [-0.1, -0.05) is 12.1 Å². The minimum atomic E-state index is -0.0458. The maximum absolute atomic E-state index is 11.9. The summed E-state index contributed by atoms with van der Waals surface area (Å²) in [5.74, 6) is 0.893. The number of carbonyl (C=O) groups excluding carboxylic acids is 1. The Kier molecular flexibility index (Phi) is 3.79. The molecule has 1 saturated carbocycles. The minimum Gasteiger partial charge on any atom is -0.490 e. The molecule has 3 heteroatoms. The number of ketones is 1. The number of hydrogen-bond acceptors (Lipinski definition) is 3. The van der Waals surface area contributed by atoms with Crippen molar-refractivity contribution in [3.05, 3.63) is 29.8 Å². The van der Waals surface area contributed by atoms with Crippen LogP contribution >= 0.6 is 0 Å². The predicted octanol–water partition coefficient (Wildman–Crippen LogP) is 2.84. The number of ether oxygens (including phenoxy) is 2. The van der Waals surface area contributed by atoms with Gasteiger partial charge in [0.2, 0.25) is 0 Å². The van der Waals surface area contributed by atoms with E-state index in [4.69, 9.17) is 9.47 Å². The Morgan fingerprint density at radius 1 is 1.47 bits per heavy atom. The van der Waals surface area contributed by atoms with Crippen LogP contribution in [0.1, 0.15) is 36.5 Å². The van der Waals surface area contributed by atoms with Gasteiger partial charge in [0, 0.05) is 19.1 Å². The maximum Gasteiger partial charge on any atom is 0.165 e. The van der Waals surface area contributed by atoms with Gasteiger partial charge in [0.15, 0.2) is 5.78 Å². The van der Waals surface area contributed by atoms with Gasteiger partial charge in [0.05, 0.1) is 12.2 Å². The van der Waals surface area contributed by atoms with E-state index in [1.807, 2.05) is 31.2 Å². The summed E-state index contributed by atoms with van der Waals surface area (Å²) in [4.78, 5) is 11.9. The van der Waals surface area contributed by atoms with Gasteiger partial charge in [0.1, 0.15) is 5.75 Å². The van der Waals surface area contributed by atoms with E-state index in [9.17, 15) is 4.79 Å². The fourth-order valence-electron chi connectivity index (χ4n) is 1.58. The molecule has 1 aromatic carbocycles. The predicted molar refractivity (Wildman–Crippen MR) is 65.5 cm³/mol. The summed E-state index contributed by atoms with van der Waals surface area (Å²) in [6.07, 6.45) is 2.97. The molecule has 3 nitrogen and oxygen atoms in total. The van der Waals surface area contributed by atoms with Gasteiger partial charge in [-0.15, -0.1) is 0 Å². The van der Waals surface area contributed by atoms with Crippen LogP contribution in [0.4, 0.5) is 0 Å². The lowest BCUT2D eigenvalue weighted by Crippen LogP contribution is -2.12. The first-order valence-corrected chi connectivity index (χ1v) is 6.01. The lowest BCUT2D eigenvalue weighted by molar-refractivity contribution is 0.0791. The summed E-state index contributed by atoms with van der Waals surface area (Å²) < 4.78 is 10.8. The molecule has 1 atom stereocenters. The number of rotatable bonds is 6. The van der Waals surface area contributed by atoms with E-state index in [2.05, 4.69) is 0 Å². The van der Waals surface area contributed by atoms with Crippen molar-refractivity contribution in [1.29, 1.82) is 0 Å². The van der Waals surface area contributed by atoms with Crippen molar-refractivity contribution in [3.8, 4) is 5.75 Å². The van der Waals surface area contributed by atoms with Crippen molar-refractivity contribution in [2.75, 3.05) is 7.11 Å². The Balaban J connectivity index is 2.01. The quantitative estimate of drug-likeness (QED) is 0.710. The van der Waals surface area contributed by atoms with Crippen molar-refractivity contribution in [3.63, 3.8) is 0 Å². The molecule has 1 unspecified atom stereocenters. The van der Waals surface area contributed by atoms with Crippen LogP contribution in [0.2, 0.25) is 0 Å². The number of Topliss-reactive ketones (excluding diaryl/α,β-unsaturated/α-hetero) is 1. The minimum absolute atomic E-state index is 0.0458. The third kappa shape index (κ3) is 3.56. The van der Waals surface area contributed by atoms with Gasteiger partial charge < -0.3 is 9.47 Å². The topological polar surface area (TPSA) is 35.5 Å². The molecule has 0 aromatic heterocycles. The zero-order valence-electron chi connectivity index (χ0n) is 10.3. The maximum atomic E-state index is 11.9. The first-order valence-electron chi connectivity index (χ1n) is 6.01. The Morgan fingerprint density at radius 2 is 2.24 bits per heavy atom. The highest BCUT2D eigenvalue weighted by atomic mass is 16.5.